The minimum absolute atomic E-state index is 0.594. The Morgan fingerprint density at radius 1 is 1.39 bits per heavy atom. The van der Waals surface area contributed by atoms with Crippen molar-refractivity contribution < 1.29 is 27.4 Å². The number of rotatable bonds is 0. The summed E-state index contributed by atoms with van der Waals surface area (Å²) < 4.78 is 50.6. The molecular formula is C10H7F2NO4S. The predicted octanol–water partition coefficient (Wildman–Crippen LogP) is 0.851. The normalized spacial score (nSPS) is 27.5. The van der Waals surface area contributed by atoms with Gasteiger partial charge in [-0.1, -0.05) is 0 Å². The molecule has 0 fully saturated rings. The van der Waals surface area contributed by atoms with Crippen LogP contribution in [-0.4, -0.2) is 23.9 Å². The van der Waals surface area contributed by atoms with Crippen LogP contribution in [0.1, 0.15) is 18.1 Å². The highest BCUT2D eigenvalue weighted by molar-refractivity contribution is 7.93. The van der Waals surface area contributed by atoms with Gasteiger partial charge in [0, 0.05) is 5.56 Å². The van der Waals surface area contributed by atoms with E-state index in [9.17, 15) is 27.4 Å². The van der Waals surface area contributed by atoms with E-state index < -0.39 is 42.5 Å². The lowest BCUT2D eigenvalue weighted by Crippen LogP contribution is -2.42. The lowest BCUT2D eigenvalue weighted by Gasteiger charge is -2.24. The van der Waals surface area contributed by atoms with Crippen molar-refractivity contribution in [2.24, 2.45) is 0 Å². The van der Waals surface area contributed by atoms with Crippen molar-refractivity contribution in [3.63, 3.8) is 0 Å². The summed E-state index contributed by atoms with van der Waals surface area (Å²) in [5.41, 5.74) is -4.50. The van der Waals surface area contributed by atoms with E-state index in [-0.39, 0.29) is 0 Å². The number of hydrogen-bond acceptors (Lipinski definition) is 5. The van der Waals surface area contributed by atoms with Gasteiger partial charge in [0.05, 0.1) is 4.90 Å². The Balaban J connectivity index is 3.03. The van der Waals surface area contributed by atoms with Crippen LogP contribution < -0.4 is 0 Å². The molecular weight excluding hydrogens is 268 g/mol. The van der Waals surface area contributed by atoms with Gasteiger partial charge in [0.25, 0.3) is 0 Å². The molecule has 8 heteroatoms. The van der Waals surface area contributed by atoms with Gasteiger partial charge in [0.15, 0.2) is 5.60 Å². The number of aliphatic hydroxyl groups is 1. The molecule has 5 nitrogen and oxygen atoms in total. The van der Waals surface area contributed by atoms with Crippen molar-refractivity contribution in [1.29, 1.82) is 5.26 Å². The average Bonchev–Trinajstić information content (AvgIpc) is 2.36. The fourth-order valence-electron chi connectivity index (χ4n) is 1.94. The molecule has 0 bridgehead atoms. The van der Waals surface area contributed by atoms with Gasteiger partial charge in [0.1, 0.15) is 17.4 Å². The fraction of sp³-hybridized carbons (Fsp3) is 0.300. The molecule has 1 aromatic rings. The van der Waals surface area contributed by atoms with E-state index in [4.69, 9.17) is 5.26 Å². The lowest BCUT2D eigenvalue weighted by molar-refractivity contribution is -0.115. The van der Waals surface area contributed by atoms with E-state index in [2.05, 4.69) is 0 Å². The molecule has 18 heavy (non-hydrogen) atoms. The summed E-state index contributed by atoms with van der Waals surface area (Å²) in [5, 5.41) is 23.5. The molecule has 0 radical (unpaired) electrons. The molecule has 1 aromatic carbocycles. The highest BCUT2D eigenvalue weighted by atomic mass is 32.2. The second kappa shape index (κ2) is 3.18. The highest BCUT2D eigenvalue weighted by Gasteiger charge is 2.68. The van der Waals surface area contributed by atoms with Gasteiger partial charge in [0.2, 0.25) is 9.84 Å². The van der Waals surface area contributed by atoms with Gasteiger partial charge in [-0.15, -0.1) is 0 Å². The van der Waals surface area contributed by atoms with E-state index in [0.29, 0.717) is 6.92 Å². The van der Waals surface area contributed by atoms with E-state index in [1.165, 1.54) is 6.07 Å². The summed E-state index contributed by atoms with van der Waals surface area (Å²) in [6.45, 7) is 0.594. The van der Waals surface area contributed by atoms with E-state index in [1.807, 2.05) is 0 Å². The molecule has 1 aliphatic heterocycles. The molecule has 1 aliphatic rings. The number of aromatic hydroxyl groups is 1. The second-order valence-electron chi connectivity index (χ2n) is 4.04. The number of hydrogen-bond donors (Lipinski definition) is 2. The third kappa shape index (κ3) is 1.13. The summed E-state index contributed by atoms with van der Waals surface area (Å²) in [7, 11) is -5.09. The topological polar surface area (TPSA) is 98.4 Å². The fourth-order valence-corrected chi connectivity index (χ4v) is 3.66. The van der Waals surface area contributed by atoms with Crippen LogP contribution in [0.2, 0.25) is 0 Å². The maximum Gasteiger partial charge on any atom is 0.381 e. The second-order valence-corrected chi connectivity index (χ2v) is 6.00. The quantitative estimate of drug-likeness (QED) is 0.731. The molecule has 0 amide bonds. The van der Waals surface area contributed by atoms with E-state index >= 15 is 0 Å². The van der Waals surface area contributed by atoms with Crippen molar-refractivity contribution in [2.45, 2.75) is 22.7 Å². The first-order valence-corrected chi connectivity index (χ1v) is 6.18. The van der Waals surface area contributed by atoms with Gasteiger partial charge >= 0.3 is 5.25 Å². The van der Waals surface area contributed by atoms with Crippen molar-refractivity contribution in [2.75, 3.05) is 0 Å². The number of sulfone groups is 1. The van der Waals surface area contributed by atoms with E-state index in [1.54, 1.807) is 0 Å². The average molecular weight is 275 g/mol. The number of halogens is 2. The van der Waals surface area contributed by atoms with Gasteiger partial charge in [-0.05, 0) is 19.1 Å². The van der Waals surface area contributed by atoms with Crippen LogP contribution in [0, 0.1) is 11.3 Å². The zero-order valence-corrected chi connectivity index (χ0v) is 9.79. The van der Waals surface area contributed by atoms with Crippen molar-refractivity contribution >= 4 is 9.84 Å². The Morgan fingerprint density at radius 3 is 2.44 bits per heavy atom. The van der Waals surface area contributed by atoms with Crippen molar-refractivity contribution in [3.8, 4) is 11.8 Å². The molecule has 1 atom stereocenters. The number of nitrogens with zero attached hydrogens (tertiary/aromatic N) is 1. The largest absolute Gasteiger partial charge is 0.507 e. The van der Waals surface area contributed by atoms with Crippen LogP contribution in [0.3, 0.4) is 0 Å². The number of benzene rings is 1. The molecule has 0 saturated heterocycles. The van der Waals surface area contributed by atoms with Crippen LogP contribution >= 0.6 is 0 Å². The summed E-state index contributed by atoms with van der Waals surface area (Å²) in [5.74, 6) is -0.663. The van der Waals surface area contributed by atoms with Crippen LogP contribution in [0.15, 0.2) is 17.0 Å². The SMILES string of the molecule is CC1(O)c2c(ccc(O)c2C#N)S(=O)(=O)C1(F)F. The van der Waals surface area contributed by atoms with Gasteiger partial charge in [-0.25, -0.2) is 8.42 Å². The van der Waals surface area contributed by atoms with Gasteiger partial charge in [-0.2, -0.15) is 14.0 Å². The van der Waals surface area contributed by atoms with Crippen LogP contribution in [0.4, 0.5) is 8.78 Å². The number of nitriles is 1. The van der Waals surface area contributed by atoms with Crippen molar-refractivity contribution in [1.82, 2.24) is 0 Å². The first-order chi connectivity index (χ1) is 8.09. The predicted molar refractivity (Wildman–Crippen MR) is 54.5 cm³/mol. The Hall–Kier alpha value is -1.72. The Kier molecular flexibility index (Phi) is 2.25. The monoisotopic (exact) mass is 275 g/mol. The van der Waals surface area contributed by atoms with Crippen LogP contribution in [0.5, 0.6) is 5.75 Å². The van der Waals surface area contributed by atoms with Crippen molar-refractivity contribution in [3.05, 3.63) is 23.3 Å². The molecule has 0 spiro atoms. The summed E-state index contributed by atoms with van der Waals surface area (Å²) >= 11 is 0. The Labute approximate surface area is 101 Å². The molecule has 1 unspecified atom stereocenters. The molecule has 0 aliphatic carbocycles. The standard InChI is InChI=1S/C10H7F2NO4S/c1-9(15)8-5(4-13)6(14)2-3-7(8)18(16,17)10(9,11)12/h2-3,14-15H,1H3. The van der Waals surface area contributed by atoms with Gasteiger partial charge < -0.3 is 10.2 Å². The number of phenols is 1. The molecule has 0 aromatic heterocycles. The highest BCUT2D eigenvalue weighted by Crippen LogP contribution is 2.54. The van der Waals surface area contributed by atoms with Crippen LogP contribution in [-0.2, 0) is 15.4 Å². The molecule has 1 heterocycles. The molecule has 96 valence electrons. The lowest BCUT2D eigenvalue weighted by atomic mass is 9.92. The van der Waals surface area contributed by atoms with Crippen LogP contribution in [0.25, 0.3) is 0 Å². The maximum atomic E-state index is 13.7. The summed E-state index contributed by atoms with van der Waals surface area (Å²) in [6.07, 6.45) is 0. The Morgan fingerprint density at radius 2 is 1.94 bits per heavy atom. The van der Waals surface area contributed by atoms with E-state index in [0.717, 1.165) is 12.1 Å². The molecule has 2 rings (SSSR count). The first-order valence-electron chi connectivity index (χ1n) is 4.70. The Bertz CT molecular complexity index is 689. The molecule has 2 N–H and O–H groups in total. The maximum absolute atomic E-state index is 13.7. The zero-order valence-electron chi connectivity index (χ0n) is 8.98. The number of phenolic OH excluding ortho intramolecular Hbond substituents is 1. The number of alkyl halides is 2. The minimum Gasteiger partial charge on any atom is -0.507 e. The smallest absolute Gasteiger partial charge is 0.381 e. The number of fused-ring (bicyclic) bond motifs is 1. The summed E-state index contributed by atoms with van der Waals surface area (Å²) in [6, 6.07) is 2.99. The zero-order chi connectivity index (χ0) is 13.9. The molecule has 0 saturated carbocycles. The van der Waals surface area contributed by atoms with Gasteiger partial charge in [-0.3, -0.25) is 0 Å². The minimum atomic E-state index is -5.09. The first kappa shape index (κ1) is 12.7. The third-order valence-corrected chi connectivity index (χ3v) is 4.93. The summed E-state index contributed by atoms with van der Waals surface area (Å²) in [4.78, 5) is -0.841. The third-order valence-electron chi connectivity index (χ3n) is 2.94.